The predicted octanol–water partition coefficient (Wildman–Crippen LogP) is 3.57. The van der Waals surface area contributed by atoms with E-state index in [2.05, 4.69) is 39.0 Å². The van der Waals surface area contributed by atoms with Gasteiger partial charge in [-0.3, -0.25) is 4.79 Å². The molecule has 0 aromatic heterocycles. The summed E-state index contributed by atoms with van der Waals surface area (Å²) >= 11 is 0. The lowest BCUT2D eigenvalue weighted by Gasteiger charge is -2.37. The van der Waals surface area contributed by atoms with Crippen molar-refractivity contribution < 1.29 is 4.79 Å². The summed E-state index contributed by atoms with van der Waals surface area (Å²) in [7, 11) is 0. The largest absolute Gasteiger partial charge is 0.329 e. The monoisotopic (exact) mass is 273 g/mol. The summed E-state index contributed by atoms with van der Waals surface area (Å²) in [4.78, 5) is 12.9. The van der Waals surface area contributed by atoms with E-state index in [1.165, 1.54) is 16.7 Å². The average molecular weight is 273 g/mol. The van der Waals surface area contributed by atoms with Gasteiger partial charge >= 0.3 is 0 Å². The van der Waals surface area contributed by atoms with E-state index in [-0.39, 0.29) is 5.41 Å². The lowest BCUT2D eigenvalue weighted by atomic mass is 9.67. The van der Waals surface area contributed by atoms with Crippen molar-refractivity contribution in [1.82, 2.24) is 0 Å². The van der Waals surface area contributed by atoms with Crippen molar-refractivity contribution in [2.45, 2.75) is 52.9 Å². The molecule has 1 aliphatic rings. The number of aryl methyl sites for hydroxylation is 2. The summed E-state index contributed by atoms with van der Waals surface area (Å²) in [6.45, 7) is 6.96. The second-order valence-corrected chi connectivity index (χ2v) is 6.64. The van der Waals surface area contributed by atoms with Gasteiger partial charge in [0, 0.05) is 18.4 Å². The molecule has 1 aromatic carbocycles. The zero-order valence-electron chi connectivity index (χ0n) is 13.0. The van der Waals surface area contributed by atoms with Gasteiger partial charge in [-0.15, -0.1) is 0 Å². The molecule has 2 heteroatoms. The number of Topliss-reactive ketones (excluding diaryl/α,β-unsaturated/α-hetero) is 1. The fourth-order valence-electron chi connectivity index (χ4n) is 3.39. The Labute approximate surface area is 122 Å². The summed E-state index contributed by atoms with van der Waals surface area (Å²) in [5.74, 6) is 1.09. The molecule has 2 N–H and O–H groups in total. The number of nitrogens with two attached hydrogens (primary N) is 1. The van der Waals surface area contributed by atoms with Gasteiger partial charge in [-0.05, 0) is 62.1 Å². The molecule has 1 aliphatic carbocycles. The van der Waals surface area contributed by atoms with Crippen molar-refractivity contribution in [3.05, 3.63) is 34.9 Å². The molecule has 0 heterocycles. The van der Waals surface area contributed by atoms with E-state index in [9.17, 15) is 4.79 Å². The fourth-order valence-corrected chi connectivity index (χ4v) is 3.39. The van der Waals surface area contributed by atoms with Crippen LogP contribution in [-0.4, -0.2) is 12.3 Å². The van der Waals surface area contributed by atoms with Crippen molar-refractivity contribution in [1.29, 1.82) is 0 Å². The molecular weight excluding hydrogens is 246 g/mol. The Hall–Kier alpha value is -1.15. The zero-order chi connectivity index (χ0) is 14.8. The van der Waals surface area contributed by atoms with Gasteiger partial charge in [0.05, 0.1) is 0 Å². The minimum atomic E-state index is -0.263. The second kappa shape index (κ2) is 6.09. The minimum Gasteiger partial charge on any atom is -0.329 e. The molecule has 20 heavy (non-hydrogen) atoms. The van der Waals surface area contributed by atoms with E-state index in [1.54, 1.807) is 0 Å². The van der Waals surface area contributed by atoms with Crippen molar-refractivity contribution in [2.75, 3.05) is 6.54 Å². The van der Waals surface area contributed by atoms with Crippen LogP contribution in [0.3, 0.4) is 0 Å². The van der Waals surface area contributed by atoms with Crippen LogP contribution in [0, 0.1) is 25.2 Å². The maximum atomic E-state index is 12.9. The van der Waals surface area contributed by atoms with Gasteiger partial charge in [-0.1, -0.05) is 25.1 Å². The minimum absolute atomic E-state index is 0.263. The highest BCUT2D eigenvalue weighted by molar-refractivity contribution is 5.87. The maximum absolute atomic E-state index is 12.9. The van der Waals surface area contributed by atoms with E-state index in [4.69, 9.17) is 5.73 Å². The highest BCUT2D eigenvalue weighted by atomic mass is 16.1. The number of carbonyl (C=O) groups is 1. The molecule has 0 saturated heterocycles. The Morgan fingerprint density at radius 3 is 2.30 bits per heavy atom. The number of hydrogen-bond acceptors (Lipinski definition) is 2. The first-order chi connectivity index (χ1) is 9.48. The van der Waals surface area contributed by atoms with Crippen molar-refractivity contribution in [3.63, 3.8) is 0 Å². The maximum Gasteiger partial charge on any atom is 0.144 e. The first-order valence-corrected chi connectivity index (χ1v) is 7.77. The SMILES string of the molecule is Cc1cccc(C)c1CC(=O)C1(CN)CCC(C)CC1. The molecule has 0 atom stereocenters. The summed E-state index contributed by atoms with van der Waals surface area (Å²) in [5, 5.41) is 0. The molecule has 110 valence electrons. The molecule has 0 unspecified atom stereocenters. The van der Waals surface area contributed by atoms with Gasteiger partial charge in [0.15, 0.2) is 0 Å². The molecular formula is C18H27NO. The highest BCUT2D eigenvalue weighted by Gasteiger charge is 2.39. The number of carbonyl (C=O) groups excluding carboxylic acids is 1. The van der Waals surface area contributed by atoms with Crippen LogP contribution in [0.1, 0.15) is 49.3 Å². The summed E-state index contributed by atoms with van der Waals surface area (Å²) < 4.78 is 0. The third-order valence-electron chi connectivity index (χ3n) is 5.20. The predicted molar refractivity (Wildman–Crippen MR) is 83.7 cm³/mol. The van der Waals surface area contributed by atoms with Crippen molar-refractivity contribution in [3.8, 4) is 0 Å². The molecule has 2 nitrogen and oxygen atoms in total. The Kier molecular flexibility index (Phi) is 4.64. The van der Waals surface area contributed by atoms with Crippen molar-refractivity contribution >= 4 is 5.78 Å². The first-order valence-electron chi connectivity index (χ1n) is 7.77. The molecule has 1 aromatic rings. The van der Waals surface area contributed by atoms with Gasteiger partial charge in [-0.25, -0.2) is 0 Å². The van der Waals surface area contributed by atoms with Crippen LogP contribution in [0.2, 0.25) is 0 Å². The molecule has 1 saturated carbocycles. The Morgan fingerprint density at radius 1 is 1.25 bits per heavy atom. The molecule has 0 spiro atoms. The number of hydrogen-bond donors (Lipinski definition) is 1. The van der Waals surface area contributed by atoms with E-state index in [0.717, 1.165) is 31.6 Å². The van der Waals surface area contributed by atoms with Gasteiger partial charge in [-0.2, -0.15) is 0 Å². The standard InChI is InChI=1S/C18H27NO/c1-13-7-9-18(12-19,10-8-13)17(20)11-16-14(2)5-4-6-15(16)3/h4-6,13H,7-12,19H2,1-3H3. The van der Waals surface area contributed by atoms with Crippen LogP contribution in [0.4, 0.5) is 0 Å². The number of ketones is 1. The summed E-state index contributed by atoms with van der Waals surface area (Å²) in [5.41, 5.74) is 9.36. The Bertz CT molecular complexity index is 464. The van der Waals surface area contributed by atoms with Gasteiger partial charge < -0.3 is 5.73 Å². The molecule has 2 rings (SSSR count). The molecule has 1 fully saturated rings. The summed E-state index contributed by atoms with van der Waals surface area (Å²) in [6, 6.07) is 6.24. The highest BCUT2D eigenvalue weighted by Crippen LogP contribution is 2.39. The van der Waals surface area contributed by atoms with Crippen LogP contribution in [0.25, 0.3) is 0 Å². The quantitative estimate of drug-likeness (QED) is 0.911. The lowest BCUT2D eigenvalue weighted by molar-refractivity contribution is -0.129. The first kappa shape index (κ1) is 15.2. The molecule has 0 bridgehead atoms. The number of benzene rings is 1. The van der Waals surface area contributed by atoms with E-state index < -0.39 is 0 Å². The normalized spacial score (nSPS) is 26.5. The summed E-state index contributed by atoms with van der Waals surface area (Å²) in [6.07, 6.45) is 4.75. The third-order valence-corrected chi connectivity index (χ3v) is 5.20. The fraction of sp³-hybridized carbons (Fsp3) is 0.611. The van der Waals surface area contributed by atoms with Crippen LogP contribution in [0.5, 0.6) is 0 Å². The number of rotatable bonds is 4. The van der Waals surface area contributed by atoms with Crippen molar-refractivity contribution in [2.24, 2.45) is 17.1 Å². The van der Waals surface area contributed by atoms with E-state index in [0.29, 0.717) is 18.7 Å². The Morgan fingerprint density at radius 2 is 1.80 bits per heavy atom. The van der Waals surface area contributed by atoms with Gasteiger partial charge in [0.2, 0.25) is 0 Å². The average Bonchev–Trinajstić information content (AvgIpc) is 2.44. The van der Waals surface area contributed by atoms with Gasteiger partial charge in [0.1, 0.15) is 5.78 Å². The lowest BCUT2D eigenvalue weighted by Crippen LogP contribution is -2.42. The molecule has 0 radical (unpaired) electrons. The van der Waals surface area contributed by atoms with E-state index >= 15 is 0 Å². The topological polar surface area (TPSA) is 43.1 Å². The Balaban J connectivity index is 2.18. The van der Waals surface area contributed by atoms with Crippen LogP contribution in [0.15, 0.2) is 18.2 Å². The smallest absolute Gasteiger partial charge is 0.144 e. The molecule has 0 amide bonds. The van der Waals surface area contributed by atoms with Crippen LogP contribution < -0.4 is 5.73 Å². The second-order valence-electron chi connectivity index (χ2n) is 6.64. The third kappa shape index (κ3) is 2.95. The van der Waals surface area contributed by atoms with Crippen LogP contribution in [-0.2, 0) is 11.2 Å². The molecule has 0 aliphatic heterocycles. The van der Waals surface area contributed by atoms with Gasteiger partial charge in [0.25, 0.3) is 0 Å². The zero-order valence-corrected chi connectivity index (χ0v) is 13.0. The van der Waals surface area contributed by atoms with E-state index in [1.807, 2.05) is 0 Å². The van der Waals surface area contributed by atoms with Crippen LogP contribution >= 0.6 is 0 Å².